The minimum Gasteiger partial charge on any atom is -0.314 e. The number of hydrogen-bond donors (Lipinski definition) is 1. The van der Waals surface area contributed by atoms with Gasteiger partial charge >= 0.3 is 0 Å². The molecule has 1 saturated carbocycles. The smallest absolute Gasteiger partial charge is 0.155 e. The van der Waals surface area contributed by atoms with Crippen LogP contribution in [0.4, 0.5) is 0 Å². The van der Waals surface area contributed by atoms with E-state index in [4.69, 9.17) is 0 Å². The van der Waals surface area contributed by atoms with Gasteiger partial charge in [0, 0.05) is 6.04 Å². The molecule has 0 heterocycles. The summed E-state index contributed by atoms with van der Waals surface area (Å²) in [7, 11) is -2.87. The quantitative estimate of drug-likeness (QED) is 0.776. The molecular formula is C10H21NO2S. The lowest BCUT2D eigenvalue weighted by atomic mass is 10.2. The van der Waals surface area contributed by atoms with Gasteiger partial charge in [0.15, 0.2) is 9.84 Å². The van der Waals surface area contributed by atoms with Gasteiger partial charge in [-0.25, -0.2) is 8.42 Å². The van der Waals surface area contributed by atoms with E-state index in [-0.39, 0.29) is 10.5 Å². The second kappa shape index (κ2) is 4.62. The summed E-state index contributed by atoms with van der Waals surface area (Å²) < 4.78 is 23.7. The highest BCUT2D eigenvalue weighted by atomic mass is 32.2. The van der Waals surface area contributed by atoms with E-state index in [1.807, 2.05) is 0 Å². The zero-order valence-electron chi connectivity index (χ0n) is 9.29. The van der Waals surface area contributed by atoms with E-state index in [2.05, 4.69) is 12.2 Å². The third-order valence-corrected chi connectivity index (χ3v) is 5.67. The molecule has 1 aliphatic carbocycles. The van der Waals surface area contributed by atoms with E-state index in [0.717, 1.165) is 25.8 Å². The average molecular weight is 219 g/mol. The zero-order chi connectivity index (χ0) is 10.8. The predicted octanol–water partition coefficient (Wildman–Crippen LogP) is 1.34. The molecule has 1 rings (SSSR count). The van der Waals surface area contributed by atoms with Crippen LogP contribution in [0.25, 0.3) is 0 Å². The van der Waals surface area contributed by atoms with Crippen LogP contribution >= 0.6 is 0 Å². The molecule has 2 atom stereocenters. The largest absolute Gasteiger partial charge is 0.314 e. The van der Waals surface area contributed by atoms with Gasteiger partial charge in [-0.2, -0.15) is 0 Å². The molecule has 0 bridgehead atoms. The fourth-order valence-corrected chi connectivity index (χ4v) is 3.83. The van der Waals surface area contributed by atoms with Gasteiger partial charge in [0.05, 0.1) is 10.5 Å². The lowest BCUT2D eigenvalue weighted by molar-refractivity contribution is 0.535. The molecule has 0 aliphatic heterocycles. The number of rotatable bonds is 4. The number of nitrogens with one attached hydrogen (secondary N) is 1. The molecule has 1 aliphatic rings. The Kier molecular flexibility index (Phi) is 3.95. The maximum atomic E-state index is 11.9. The first kappa shape index (κ1) is 12.0. The van der Waals surface area contributed by atoms with E-state index in [0.29, 0.717) is 6.04 Å². The second-order valence-electron chi connectivity index (χ2n) is 4.33. The molecule has 4 heteroatoms. The summed E-state index contributed by atoms with van der Waals surface area (Å²) >= 11 is 0. The second-order valence-corrected chi connectivity index (χ2v) is 7.11. The van der Waals surface area contributed by atoms with Crippen LogP contribution in [-0.4, -0.2) is 31.5 Å². The van der Waals surface area contributed by atoms with E-state index >= 15 is 0 Å². The molecule has 0 amide bonds. The van der Waals surface area contributed by atoms with Crippen molar-refractivity contribution in [1.82, 2.24) is 5.32 Å². The summed E-state index contributed by atoms with van der Waals surface area (Å²) in [5, 5.41) is 2.99. The number of hydrogen-bond acceptors (Lipinski definition) is 3. The van der Waals surface area contributed by atoms with Crippen molar-refractivity contribution < 1.29 is 8.42 Å². The highest BCUT2D eigenvalue weighted by Crippen LogP contribution is 2.27. The summed E-state index contributed by atoms with van der Waals surface area (Å²) in [6.45, 7) is 6.54. The molecular weight excluding hydrogens is 198 g/mol. The van der Waals surface area contributed by atoms with Crippen molar-refractivity contribution in [3.8, 4) is 0 Å². The minimum atomic E-state index is -2.87. The van der Waals surface area contributed by atoms with Crippen LogP contribution < -0.4 is 5.32 Å². The average Bonchev–Trinajstić information content (AvgIpc) is 2.53. The first-order valence-corrected chi connectivity index (χ1v) is 7.05. The molecule has 0 aromatic heterocycles. The van der Waals surface area contributed by atoms with Gasteiger partial charge in [0.1, 0.15) is 0 Å². The molecule has 1 fully saturated rings. The first-order valence-electron chi connectivity index (χ1n) is 5.44. The Balaban J connectivity index is 2.58. The monoisotopic (exact) mass is 219 g/mol. The van der Waals surface area contributed by atoms with Gasteiger partial charge in [-0.05, 0) is 39.7 Å². The van der Waals surface area contributed by atoms with E-state index in [1.165, 1.54) is 0 Å². The van der Waals surface area contributed by atoms with Crippen LogP contribution in [0.2, 0.25) is 0 Å². The molecule has 2 unspecified atom stereocenters. The van der Waals surface area contributed by atoms with Crippen LogP contribution in [0, 0.1) is 0 Å². The molecule has 14 heavy (non-hydrogen) atoms. The van der Waals surface area contributed by atoms with Crippen LogP contribution in [-0.2, 0) is 9.84 Å². The van der Waals surface area contributed by atoms with Crippen molar-refractivity contribution in [2.45, 2.75) is 56.6 Å². The first-order chi connectivity index (χ1) is 6.48. The highest BCUT2D eigenvalue weighted by molar-refractivity contribution is 7.92. The Bertz CT molecular complexity index is 272. The lowest BCUT2D eigenvalue weighted by Gasteiger charge is -2.15. The highest BCUT2D eigenvalue weighted by Gasteiger charge is 2.35. The molecule has 0 saturated heterocycles. The molecule has 0 radical (unpaired) electrons. The SMILES string of the molecule is CCNC1CCC(S(=O)(=O)C(C)C)C1. The van der Waals surface area contributed by atoms with Crippen molar-refractivity contribution in [2.75, 3.05) is 6.54 Å². The molecule has 0 spiro atoms. The van der Waals surface area contributed by atoms with E-state index < -0.39 is 9.84 Å². The predicted molar refractivity (Wildman–Crippen MR) is 59.2 cm³/mol. The van der Waals surface area contributed by atoms with Crippen LogP contribution in [0.15, 0.2) is 0 Å². The van der Waals surface area contributed by atoms with Crippen LogP contribution in [0.1, 0.15) is 40.0 Å². The Morgan fingerprint density at radius 2 is 2.00 bits per heavy atom. The Hall–Kier alpha value is -0.0900. The number of sulfone groups is 1. The standard InChI is InChI=1S/C10H21NO2S/c1-4-11-9-5-6-10(7-9)14(12,13)8(2)3/h8-11H,4-7H2,1-3H3. The summed E-state index contributed by atoms with van der Waals surface area (Å²) in [5.41, 5.74) is 0. The van der Waals surface area contributed by atoms with E-state index in [1.54, 1.807) is 13.8 Å². The molecule has 0 aromatic carbocycles. The van der Waals surface area contributed by atoms with Gasteiger partial charge in [0.25, 0.3) is 0 Å². The molecule has 1 N–H and O–H groups in total. The van der Waals surface area contributed by atoms with Crippen molar-refractivity contribution in [3.63, 3.8) is 0 Å². The summed E-state index contributed by atoms with van der Waals surface area (Å²) in [5.74, 6) is 0. The van der Waals surface area contributed by atoms with Crippen LogP contribution in [0.3, 0.4) is 0 Å². The maximum absolute atomic E-state index is 11.9. The van der Waals surface area contributed by atoms with Gasteiger partial charge in [-0.15, -0.1) is 0 Å². The van der Waals surface area contributed by atoms with Gasteiger partial charge in [-0.3, -0.25) is 0 Å². The normalized spacial score (nSPS) is 28.6. The molecule has 84 valence electrons. The fraction of sp³-hybridized carbons (Fsp3) is 1.00. The third kappa shape index (κ3) is 2.48. The topological polar surface area (TPSA) is 46.2 Å². The lowest BCUT2D eigenvalue weighted by Crippen LogP contribution is -2.30. The van der Waals surface area contributed by atoms with Crippen molar-refractivity contribution in [3.05, 3.63) is 0 Å². The third-order valence-electron chi connectivity index (χ3n) is 3.00. The van der Waals surface area contributed by atoms with Gasteiger partial charge in [-0.1, -0.05) is 6.92 Å². The minimum absolute atomic E-state index is 0.105. The van der Waals surface area contributed by atoms with Gasteiger partial charge < -0.3 is 5.32 Å². The Labute approximate surface area is 87.2 Å². The van der Waals surface area contributed by atoms with Crippen molar-refractivity contribution in [2.24, 2.45) is 0 Å². The summed E-state index contributed by atoms with van der Waals surface area (Å²) in [6, 6.07) is 0.415. The molecule has 3 nitrogen and oxygen atoms in total. The maximum Gasteiger partial charge on any atom is 0.155 e. The van der Waals surface area contributed by atoms with Crippen molar-refractivity contribution >= 4 is 9.84 Å². The summed E-state index contributed by atoms with van der Waals surface area (Å²) in [4.78, 5) is 0. The Morgan fingerprint density at radius 3 is 2.50 bits per heavy atom. The summed E-state index contributed by atoms with van der Waals surface area (Å²) in [6.07, 6.45) is 2.64. The van der Waals surface area contributed by atoms with E-state index in [9.17, 15) is 8.42 Å². The van der Waals surface area contributed by atoms with Crippen molar-refractivity contribution in [1.29, 1.82) is 0 Å². The molecule has 0 aromatic rings. The fourth-order valence-electron chi connectivity index (χ4n) is 2.10. The van der Waals surface area contributed by atoms with Crippen LogP contribution in [0.5, 0.6) is 0 Å². The zero-order valence-corrected chi connectivity index (χ0v) is 10.1. The van der Waals surface area contributed by atoms with Gasteiger partial charge in [0.2, 0.25) is 0 Å². The Morgan fingerprint density at radius 1 is 1.36 bits per heavy atom.